The lowest BCUT2D eigenvalue weighted by atomic mass is 9.89. The molecule has 2 aromatic rings. The number of halogens is 1. The molecule has 1 saturated heterocycles. The topological polar surface area (TPSA) is 55.8 Å². The van der Waals surface area contributed by atoms with Crippen LogP contribution in [0.4, 0.5) is 15.8 Å². The van der Waals surface area contributed by atoms with Crippen molar-refractivity contribution in [3.8, 4) is 0 Å². The van der Waals surface area contributed by atoms with Gasteiger partial charge in [0.1, 0.15) is 5.82 Å². The molecule has 0 radical (unpaired) electrons. The highest BCUT2D eigenvalue weighted by molar-refractivity contribution is 6.03. The fraction of sp³-hybridized carbons (Fsp3) is 0.435. The van der Waals surface area contributed by atoms with Crippen LogP contribution in [0.2, 0.25) is 0 Å². The number of nitrogens with zero attached hydrogens (tertiary/aromatic N) is 2. The second-order valence-corrected chi connectivity index (χ2v) is 8.39. The van der Waals surface area contributed by atoms with E-state index in [2.05, 4.69) is 21.2 Å². The zero-order valence-corrected chi connectivity index (χ0v) is 16.4. The Bertz CT molecular complexity index is 917. The number of carbonyl (C=O) groups is 1. The monoisotopic (exact) mass is 395 g/mol. The maximum Gasteiger partial charge on any atom is 0.243 e. The molecule has 3 heterocycles. The summed E-state index contributed by atoms with van der Waals surface area (Å²) in [7, 11) is 0. The summed E-state index contributed by atoms with van der Waals surface area (Å²) in [5.74, 6) is 0.222. The van der Waals surface area contributed by atoms with Gasteiger partial charge in [-0.3, -0.25) is 4.79 Å². The minimum absolute atomic E-state index is 0.0764. The molecule has 3 aliphatic heterocycles. The van der Waals surface area contributed by atoms with E-state index in [1.54, 1.807) is 12.1 Å². The average molecular weight is 395 g/mol. The molecule has 3 aliphatic rings. The number of piperidine rings is 1. The van der Waals surface area contributed by atoms with Gasteiger partial charge in [-0.15, -0.1) is 0 Å². The van der Waals surface area contributed by atoms with Crippen molar-refractivity contribution in [1.29, 1.82) is 0 Å². The number of rotatable bonds is 5. The number of benzene rings is 2. The largest absolute Gasteiger partial charge is 0.388 e. The van der Waals surface area contributed by atoms with Crippen molar-refractivity contribution in [3.63, 3.8) is 0 Å². The summed E-state index contributed by atoms with van der Waals surface area (Å²) in [5.41, 5.74) is 4.29. The molecule has 0 aliphatic carbocycles. The standard InChI is InChI=1S/C23H26FN3O2/c24-16-8-6-15(7-9-16)21(28)5-2-11-26-12-10-20-18(13-26)17-3-1-4-19-23(17)27(20)14-22(29)25-19/h1,3-4,6-9,18,20-21,28H,2,5,10-14H2,(H,25,29)/t18-,20?,21?/m0/s1. The zero-order chi connectivity index (χ0) is 20.0. The number of likely N-dealkylation sites (tertiary alicyclic amines) is 1. The molecule has 0 spiro atoms. The number of aliphatic hydroxyl groups is 1. The van der Waals surface area contributed by atoms with Crippen LogP contribution < -0.4 is 10.2 Å². The first kappa shape index (κ1) is 18.6. The van der Waals surface area contributed by atoms with Gasteiger partial charge in [0.15, 0.2) is 0 Å². The lowest BCUT2D eigenvalue weighted by Gasteiger charge is -2.39. The van der Waals surface area contributed by atoms with E-state index in [4.69, 9.17) is 0 Å². The molecular formula is C23H26FN3O2. The molecule has 2 aromatic carbocycles. The van der Waals surface area contributed by atoms with Crippen LogP contribution in [0.25, 0.3) is 0 Å². The van der Waals surface area contributed by atoms with Crippen LogP contribution in [0.1, 0.15) is 42.4 Å². The molecule has 1 amide bonds. The molecule has 0 saturated carbocycles. The summed E-state index contributed by atoms with van der Waals surface area (Å²) < 4.78 is 13.0. The number of nitrogens with one attached hydrogen (secondary N) is 1. The molecule has 5 rings (SSSR count). The fourth-order valence-corrected chi connectivity index (χ4v) is 5.24. The molecule has 3 atom stereocenters. The van der Waals surface area contributed by atoms with E-state index in [1.807, 2.05) is 12.1 Å². The zero-order valence-electron chi connectivity index (χ0n) is 16.4. The quantitative estimate of drug-likeness (QED) is 0.816. The summed E-state index contributed by atoms with van der Waals surface area (Å²) in [4.78, 5) is 16.9. The Morgan fingerprint density at radius 2 is 2.03 bits per heavy atom. The van der Waals surface area contributed by atoms with Crippen LogP contribution >= 0.6 is 0 Å². The highest BCUT2D eigenvalue weighted by atomic mass is 19.1. The van der Waals surface area contributed by atoms with Crippen LogP contribution in [0, 0.1) is 5.82 Å². The van der Waals surface area contributed by atoms with Gasteiger partial charge < -0.3 is 20.2 Å². The summed E-state index contributed by atoms with van der Waals surface area (Å²) in [6.45, 7) is 3.39. The van der Waals surface area contributed by atoms with Crippen LogP contribution in [0.5, 0.6) is 0 Å². The summed E-state index contributed by atoms with van der Waals surface area (Å²) in [5, 5.41) is 13.4. The Morgan fingerprint density at radius 1 is 1.21 bits per heavy atom. The number of amides is 1. The fourth-order valence-electron chi connectivity index (χ4n) is 5.24. The normalized spacial score (nSPS) is 24.1. The molecule has 5 nitrogen and oxygen atoms in total. The lowest BCUT2D eigenvalue weighted by Crippen LogP contribution is -2.49. The summed E-state index contributed by atoms with van der Waals surface area (Å²) in [6, 6.07) is 12.7. The molecule has 2 N–H and O–H groups in total. The van der Waals surface area contributed by atoms with Crippen LogP contribution in [0.15, 0.2) is 42.5 Å². The number of anilines is 2. The Morgan fingerprint density at radius 3 is 2.86 bits per heavy atom. The Kier molecular flexibility index (Phi) is 4.76. The van der Waals surface area contributed by atoms with Crippen molar-refractivity contribution in [2.24, 2.45) is 0 Å². The molecule has 1 fully saturated rings. The summed E-state index contributed by atoms with van der Waals surface area (Å²) in [6.07, 6.45) is 2.06. The predicted molar refractivity (Wildman–Crippen MR) is 111 cm³/mol. The predicted octanol–water partition coefficient (Wildman–Crippen LogP) is 3.27. The highest BCUT2D eigenvalue weighted by Gasteiger charge is 2.44. The van der Waals surface area contributed by atoms with E-state index in [9.17, 15) is 14.3 Å². The van der Waals surface area contributed by atoms with Crippen molar-refractivity contribution in [1.82, 2.24) is 4.90 Å². The van der Waals surface area contributed by atoms with Crippen LogP contribution in [0.3, 0.4) is 0 Å². The minimum atomic E-state index is -0.551. The van der Waals surface area contributed by atoms with Gasteiger partial charge in [0.25, 0.3) is 0 Å². The number of fused-ring (bicyclic) bond motifs is 3. The molecule has 152 valence electrons. The maximum atomic E-state index is 13.0. The first-order chi connectivity index (χ1) is 14.1. The van der Waals surface area contributed by atoms with Gasteiger partial charge in [0, 0.05) is 25.0 Å². The molecular weight excluding hydrogens is 369 g/mol. The van der Waals surface area contributed by atoms with Crippen LogP contribution in [-0.2, 0) is 4.79 Å². The van der Waals surface area contributed by atoms with Gasteiger partial charge in [-0.05, 0) is 55.1 Å². The van der Waals surface area contributed by atoms with E-state index >= 15 is 0 Å². The molecule has 0 bridgehead atoms. The molecule has 6 heteroatoms. The Labute approximate surface area is 170 Å². The van der Waals surface area contributed by atoms with Gasteiger partial charge in [-0.1, -0.05) is 24.3 Å². The van der Waals surface area contributed by atoms with E-state index in [-0.39, 0.29) is 11.7 Å². The van der Waals surface area contributed by atoms with Crippen molar-refractivity contribution in [2.75, 3.05) is 36.4 Å². The van der Waals surface area contributed by atoms with E-state index in [1.165, 1.54) is 23.4 Å². The van der Waals surface area contributed by atoms with Crippen molar-refractivity contribution in [3.05, 3.63) is 59.4 Å². The second-order valence-electron chi connectivity index (χ2n) is 8.39. The van der Waals surface area contributed by atoms with Gasteiger partial charge in [0.2, 0.25) is 5.91 Å². The van der Waals surface area contributed by atoms with Gasteiger partial charge in [-0.2, -0.15) is 0 Å². The Hall–Kier alpha value is -2.44. The van der Waals surface area contributed by atoms with Crippen molar-refractivity contribution in [2.45, 2.75) is 37.3 Å². The van der Waals surface area contributed by atoms with Gasteiger partial charge in [-0.25, -0.2) is 4.39 Å². The van der Waals surface area contributed by atoms with Gasteiger partial charge in [0.05, 0.1) is 24.0 Å². The second kappa shape index (κ2) is 7.43. The molecule has 29 heavy (non-hydrogen) atoms. The van der Waals surface area contributed by atoms with Gasteiger partial charge >= 0.3 is 0 Å². The van der Waals surface area contributed by atoms with Crippen LogP contribution in [-0.4, -0.2) is 48.1 Å². The molecule has 0 aromatic heterocycles. The minimum Gasteiger partial charge on any atom is -0.388 e. The number of para-hydroxylation sites is 1. The highest BCUT2D eigenvalue weighted by Crippen LogP contribution is 2.49. The smallest absolute Gasteiger partial charge is 0.243 e. The number of carbonyl (C=O) groups excluding carboxylic acids is 1. The third-order valence-corrected chi connectivity index (χ3v) is 6.61. The van der Waals surface area contributed by atoms with Crippen molar-refractivity contribution < 1.29 is 14.3 Å². The van der Waals surface area contributed by atoms with Crippen molar-refractivity contribution >= 4 is 17.3 Å². The maximum absolute atomic E-state index is 13.0. The first-order valence-electron chi connectivity index (χ1n) is 10.5. The third-order valence-electron chi connectivity index (χ3n) is 6.61. The number of hydrogen-bond acceptors (Lipinski definition) is 4. The number of hydrogen-bond donors (Lipinski definition) is 2. The summed E-state index contributed by atoms with van der Waals surface area (Å²) >= 11 is 0. The Balaban J connectivity index is 1.21. The average Bonchev–Trinajstić information content (AvgIpc) is 3.03. The van der Waals surface area contributed by atoms with E-state index in [0.29, 0.717) is 24.9 Å². The molecule has 2 unspecified atom stereocenters. The van der Waals surface area contributed by atoms with E-state index < -0.39 is 6.10 Å². The SMILES string of the molecule is O=C1CN2c3c(cccc3[C@@H]3CN(CCCC(O)c4ccc(F)cc4)CCC32)N1. The number of aliphatic hydroxyl groups excluding tert-OH is 1. The lowest BCUT2D eigenvalue weighted by molar-refractivity contribution is -0.115. The first-order valence-corrected chi connectivity index (χ1v) is 10.5. The van der Waals surface area contributed by atoms with E-state index in [0.717, 1.165) is 43.7 Å². The third kappa shape index (κ3) is 3.40.